The topological polar surface area (TPSA) is 64.0 Å². The summed E-state index contributed by atoms with van der Waals surface area (Å²) < 4.78 is 1.61. The number of rotatable bonds is 6. The highest BCUT2D eigenvalue weighted by atomic mass is 16.1. The lowest BCUT2D eigenvalue weighted by molar-refractivity contribution is -0.121. The molecule has 3 aliphatic rings. The maximum absolute atomic E-state index is 12.8. The highest BCUT2D eigenvalue weighted by Crippen LogP contribution is 2.55. The standard InChI is InChI=1S/C30H29N3O2/c1-19-8-6-13-25-29(19)32-18-33(30(25)35)15-7-14-27(34)31-17-20-16-26-21-9-2-4-11-23(21)28(20)24-12-5-3-10-22(24)26/h2-6,8-13,18,20,26,28H,7,14-17H2,1H3,(H,31,34). The summed E-state index contributed by atoms with van der Waals surface area (Å²) in [7, 11) is 0. The smallest absolute Gasteiger partial charge is 0.261 e. The molecule has 1 atom stereocenters. The van der Waals surface area contributed by atoms with Crippen LogP contribution in [0.3, 0.4) is 0 Å². The molecular formula is C30H29N3O2. The summed E-state index contributed by atoms with van der Waals surface area (Å²) in [5, 5.41) is 3.82. The highest BCUT2D eigenvalue weighted by Gasteiger charge is 2.42. The van der Waals surface area contributed by atoms with Crippen molar-refractivity contribution in [2.45, 2.75) is 44.6 Å². The van der Waals surface area contributed by atoms with Gasteiger partial charge in [0.1, 0.15) is 0 Å². The van der Waals surface area contributed by atoms with Crippen LogP contribution in [0.2, 0.25) is 0 Å². The van der Waals surface area contributed by atoms with E-state index >= 15 is 0 Å². The van der Waals surface area contributed by atoms with Crippen molar-refractivity contribution in [3.05, 3.63) is 111 Å². The van der Waals surface area contributed by atoms with E-state index in [4.69, 9.17) is 0 Å². The second-order valence-electron chi connectivity index (χ2n) is 9.91. The van der Waals surface area contributed by atoms with Crippen molar-refractivity contribution in [2.24, 2.45) is 5.92 Å². The van der Waals surface area contributed by atoms with E-state index < -0.39 is 0 Å². The van der Waals surface area contributed by atoms with Gasteiger partial charge in [0.15, 0.2) is 0 Å². The molecule has 1 heterocycles. The molecule has 176 valence electrons. The second-order valence-corrected chi connectivity index (χ2v) is 9.91. The first-order valence-corrected chi connectivity index (χ1v) is 12.5. The van der Waals surface area contributed by atoms with E-state index in [1.165, 1.54) is 22.3 Å². The molecule has 4 aromatic rings. The highest BCUT2D eigenvalue weighted by molar-refractivity contribution is 5.80. The van der Waals surface area contributed by atoms with Crippen LogP contribution in [0.15, 0.2) is 77.9 Å². The fraction of sp³-hybridized carbons (Fsp3) is 0.300. The number of para-hydroxylation sites is 1. The van der Waals surface area contributed by atoms with Gasteiger partial charge in [-0.1, -0.05) is 60.7 Å². The number of nitrogens with zero attached hydrogens (tertiary/aromatic N) is 2. The molecule has 1 aromatic heterocycles. The molecule has 3 aromatic carbocycles. The maximum atomic E-state index is 12.8. The lowest BCUT2D eigenvalue weighted by Crippen LogP contribution is -2.39. The third-order valence-electron chi connectivity index (χ3n) is 7.84. The summed E-state index contributed by atoms with van der Waals surface area (Å²) in [5.74, 6) is 1.18. The number of fused-ring (bicyclic) bond motifs is 2. The zero-order chi connectivity index (χ0) is 23.9. The van der Waals surface area contributed by atoms with Gasteiger partial charge in [-0.05, 0) is 59.6 Å². The van der Waals surface area contributed by atoms with Gasteiger partial charge in [-0.2, -0.15) is 0 Å². The van der Waals surface area contributed by atoms with Crippen LogP contribution in [0.4, 0.5) is 0 Å². The lowest BCUT2D eigenvalue weighted by atomic mass is 9.59. The Balaban J connectivity index is 1.10. The van der Waals surface area contributed by atoms with Crippen LogP contribution in [-0.4, -0.2) is 22.0 Å². The normalized spacial score (nSPS) is 19.9. The average molecular weight is 464 g/mol. The average Bonchev–Trinajstić information content (AvgIpc) is 2.89. The summed E-state index contributed by atoms with van der Waals surface area (Å²) in [6.45, 7) is 3.12. The minimum Gasteiger partial charge on any atom is -0.356 e. The van der Waals surface area contributed by atoms with Gasteiger partial charge in [-0.3, -0.25) is 14.2 Å². The Morgan fingerprint density at radius 2 is 1.66 bits per heavy atom. The number of hydrogen-bond donors (Lipinski definition) is 1. The Kier molecular flexibility index (Phi) is 5.48. The summed E-state index contributed by atoms with van der Waals surface area (Å²) in [6.07, 6.45) is 3.67. The van der Waals surface area contributed by atoms with Gasteiger partial charge in [0, 0.05) is 31.3 Å². The molecule has 0 saturated carbocycles. The monoisotopic (exact) mass is 463 g/mol. The predicted octanol–water partition coefficient (Wildman–Crippen LogP) is 4.90. The Labute approximate surface area is 204 Å². The molecule has 7 rings (SSSR count). The molecule has 0 aliphatic heterocycles. The third kappa shape index (κ3) is 3.75. The van der Waals surface area contributed by atoms with Crippen molar-refractivity contribution in [3.8, 4) is 0 Å². The van der Waals surface area contributed by atoms with Crippen LogP contribution in [0.25, 0.3) is 10.9 Å². The van der Waals surface area contributed by atoms with Crippen molar-refractivity contribution in [1.29, 1.82) is 0 Å². The van der Waals surface area contributed by atoms with E-state index in [1.54, 1.807) is 10.9 Å². The van der Waals surface area contributed by atoms with E-state index in [0.717, 1.165) is 17.5 Å². The molecule has 2 bridgehead atoms. The minimum absolute atomic E-state index is 0.0466. The van der Waals surface area contributed by atoms with Crippen molar-refractivity contribution < 1.29 is 4.79 Å². The summed E-state index contributed by atoms with van der Waals surface area (Å²) in [6, 6.07) is 23.2. The van der Waals surface area contributed by atoms with Gasteiger partial charge in [0.2, 0.25) is 5.91 Å². The number of aromatic nitrogens is 2. The molecule has 0 saturated heterocycles. The van der Waals surface area contributed by atoms with E-state index in [2.05, 4.69) is 58.8 Å². The molecule has 0 spiro atoms. The first-order chi connectivity index (χ1) is 17.1. The second kappa shape index (κ2) is 8.81. The fourth-order valence-corrected chi connectivity index (χ4v) is 6.20. The number of carbonyl (C=O) groups excluding carboxylic acids is 1. The summed E-state index contributed by atoms with van der Waals surface area (Å²) in [4.78, 5) is 29.9. The molecular weight excluding hydrogens is 434 g/mol. The van der Waals surface area contributed by atoms with Gasteiger partial charge in [-0.25, -0.2) is 4.98 Å². The van der Waals surface area contributed by atoms with Gasteiger partial charge in [0.05, 0.1) is 17.2 Å². The number of hydrogen-bond acceptors (Lipinski definition) is 3. The zero-order valence-electron chi connectivity index (χ0n) is 19.9. The minimum atomic E-state index is -0.0466. The Morgan fingerprint density at radius 3 is 2.37 bits per heavy atom. The van der Waals surface area contributed by atoms with E-state index in [9.17, 15) is 9.59 Å². The van der Waals surface area contributed by atoms with Gasteiger partial charge in [-0.15, -0.1) is 0 Å². The molecule has 3 aliphatic carbocycles. The van der Waals surface area contributed by atoms with Crippen LogP contribution in [0.1, 0.15) is 58.9 Å². The zero-order valence-corrected chi connectivity index (χ0v) is 19.9. The van der Waals surface area contributed by atoms with Gasteiger partial charge >= 0.3 is 0 Å². The van der Waals surface area contributed by atoms with Crippen LogP contribution in [0.5, 0.6) is 0 Å². The van der Waals surface area contributed by atoms with Crippen molar-refractivity contribution in [1.82, 2.24) is 14.9 Å². The van der Waals surface area contributed by atoms with Crippen molar-refractivity contribution >= 4 is 16.8 Å². The van der Waals surface area contributed by atoms with Crippen LogP contribution < -0.4 is 10.9 Å². The predicted molar refractivity (Wildman–Crippen MR) is 138 cm³/mol. The Hall–Kier alpha value is -3.73. The SMILES string of the molecule is Cc1cccc2c(=O)n(CCCC(=O)NCC3CC4c5ccccc5C3c3ccccc34)cnc12. The van der Waals surface area contributed by atoms with Gasteiger partial charge in [0.25, 0.3) is 5.56 Å². The van der Waals surface area contributed by atoms with E-state index in [1.807, 2.05) is 25.1 Å². The molecule has 0 radical (unpaired) electrons. The maximum Gasteiger partial charge on any atom is 0.261 e. The van der Waals surface area contributed by atoms with Crippen LogP contribution in [-0.2, 0) is 11.3 Å². The van der Waals surface area contributed by atoms with E-state index in [-0.39, 0.29) is 11.5 Å². The molecule has 1 unspecified atom stereocenters. The molecule has 35 heavy (non-hydrogen) atoms. The number of nitrogens with one attached hydrogen (secondary N) is 1. The Morgan fingerprint density at radius 1 is 0.971 bits per heavy atom. The molecule has 5 heteroatoms. The quantitative estimate of drug-likeness (QED) is 0.442. The number of amides is 1. The largest absolute Gasteiger partial charge is 0.356 e. The van der Waals surface area contributed by atoms with Crippen molar-refractivity contribution in [3.63, 3.8) is 0 Å². The number of carbonyl (C=O) groups is 1. The number of benzene rings is 3. The van der Waals surface area contributed by atoms with Gasteiger partial charge < -0.3 is 5.32 Å². The third-order valence-corrected chi connectivity index (χ3v) is 7.84. The van der Waals surface area contributed by atoms with E-state index in [0.29, 0.717) is 49.1 Å². The summed E-state index contributed by atoms with van der Waals surface area (Å²) >= 11 is 0. The van der Waals surface area contributed by atoms with Crippen LogP contribution in [0, 0.1) is 12.8 Å². The first kappa shape index (κ1) is 21.8. The molecule has 1 N–H and O–H groups in total. The van der Waals surface area contributed by atoms with Crippen molar-refractivity contribution in [2.75, 3.05) is 6.54 Å². The lowest BCUT2D eigenvalue weighted by Gasteiger charge is -2.45. The molecule has 5 nitrogen and oxygen atoms in total. The molecule has 1 amide bonds. The first-order valence-electron chi connectivity index (χ1n) is 12.5. The Bertz CT molecular complexity index is 1440. The summed E-state index contributed by atoms with van der Waals surface area (Å²) in [5.41, 5.74) is 7.42. The number of aryl methyl sites for hydroxylation is 2. The fourth-order valence-electron chi connectivity index (χ4n) is 6.20. The molecule has 0 fully saturated rings. The van der Waals surface area contributed by atoms with Crippen LogP contribution >= 0.6 is 0 Å².